The molecule has 0 radical (unpaired) electrons. The van der Waals surface area contributed by atoms with E-state index in [-0.39, 0.29) is 5.92 Å². The van der Waals surface area contributed by atoms with Crippen LogP contribution in [-0.4, -0.2) is 47.7 Å². The second-order valence-corrected chi connectivity index (χ2v) is 11.7. The number of benzene rings is 2. The number of rotatable bonds is 12. The van der Waals surface area contributed by atoms with Crippen LogP contribution in [0.4, 0.5) is 5.95 Å². The second kappa shape index (κ2) is 15.1. The van der Waals surface area contributed by atoms with Gasteiger partial charge in [0.05, 0.1) is 22.5 Å². The van der Waals surface area contributed by atoms with E-state index in [4.69, 9.17) is 16.6 Å². The average molecular weight is 538 g/mol. The van der Waals surface area contributed by atoms with Gasteiger partial charge in [-0.1, -0.05) is 83.5 Å². The fraction of sp³-hybridized carbons (Fsp3) is 0.562. The third kappa shape index (κ3) is 8.22. The lowest BCUT2D eigenvalue weighted by Gasteiger charge is -2.33. The molecule has 0 aliphatic rings. The Morgan fingerprint density at radius 1 is 0.974 bits per heavy atom. The third-order valence-electron chi connectivity index (χ3n) is 6.94. The van der Waals surface area contributed by atoms with Crippen molar-refractivity contribution in [2.24, 2.45) is 18.9 Å². The second-order valence-electron chi connectivity index (χ2n) is 11.3. The standard InChI is InChI=1S/C28H38ClN5.C4H10/c1-6-17-34(27-31-25-14-9-10-15-26(25)33(27)5)20-19-32(4)18-11-16-28(21-30,22(2)3)23-12-7-8-13-24(23)29;1-4(2)3/h7-10,12-15,22H,6,11,16-20H2,1-5H3;4H,1-3H3. The molecule has 38 heavy (non-hydrogen) atoms. The van der Waals surface area contributed by atoms with Gasteiger partial charge in [0.1, 0.15) is 0 Å². The molecule has 6 heteroatoms. The van der Waals surface area contributed by atoms with Gasteiger partial charge in [0.25, 0.3) is 0 Å². The van der Waals surface area contributed by atoms with Crippen LogP contribution in [0.15, 0.2) is 48.5 Å². The van der Waals surface area contributed by atoms with Crippen molar-refractivity contribution in [1.82, 2.24) is 14.5 Å². The number of likely N-dealkylation sites (N-methyl/N-ethyl adjacent to an activating group) is 1. The molecule has 1 atom stereocenters. The monoisotopic (exact) mass is 537 g/mol. The summed E-state index contributed by atoms with van der Waals surface area (Å²) in [5.74, 6) is 2.04. The molecule has 208 valence electrons. The summed E-state index contributed by atoms with van der Waals surface area (Å²) in [7, 11) is 4.26. The van der Waals surface area contributed by atoms with Gasteiger partial charge >= 0.3 is 0 Å². The number of anilines is 1. The Bertz CT molecular complexity index is 1160. The van der Waals surface area contributed by atoms with E-state index in [0.717, 1.165) is 73.9 Å². The number of halogens is 1. The molecule has 1 heterocycles. The first-order valence-electron chi connectivity index (χ1n) is 14.1. The summed E-state index contributed by atoms with van der Waals surface area (Å²) >= 11 is 6.51. The fourth-order valence-electron chi connectivity index (χ4n) is 4.83. The molecule has 0 aliphatic heterocycles. The van der Waals surface area contributed by atoms with Crippen molar-refractivity contribution in [2.45, 2.75) is 66.2 Å². The van der Waals surface area contributed by atoms with Crippen LogP contribution in [0.25, 0.3) is 11.0 Å². The summed E-state index contributed by atoms with van der Waals surface area (Å²) in [6.45, 7) is 16.7. The lowest BCUT2D eigenvalue weighted by Crippen LogP contribution is -2.36. The lowest BCUT2D eigenvalue weighted by molar-refractivity contribution is 0.294. The molecule has 0 spiro atoms. The molecule has 0 fully saturated rings. The van der Waals surface area contributed by atoms with Crippen molar-refractivity contribution in [2.75, 3.05) is 38.1 Å². The van der Waals surface area contributed by atoms with E-state index in [1.54, 1.807) is 0 Å². The van der Waals surface area contributed by atoms with Gasteiger partial charge in [0, 0.05) is 31.7 Å². The molecule has 0 bridgehead atoms. The Morgan fingerprint density at radius 3 is 2.18 bits per heavy atom. The Hall–Kier alpha value is -2.55. The summed E-state index contributed by atoms with van der Waals surface area (Å²) in [6.07, 6.45) is 2.80. The zero-order chi connectivity index (χ0) is 28.3. The first-order valence-corrected chi connectivity index (χ1v) is 14.5. The minimum atomic E-state index is -0.569. The summed E-state index contributed by atoms with van der Waals surface area (Å²) in [5.41, 5.74) is 2.58. The largest absolute Gasteiger partial charge is 0.341 e. The van der Waals surface area contributed by atoms with Gasteiger partial charge in [-0.3, -0.25) is 0 Å². The van der Waals surface area contributed by atoms with E-state index >= 15 is 0 Å². The summed E-state index contributed by atoms with van der Waals surface area (Å²) < 4.78 is 2.19. The molecule has 5 nitrogen and oxygen atoms in total. The molecule has 2 aromatic carbocycles. The number of para-hydroxylation sites is 2. The van der Waals surface area contributed by atoms with E-state index in [0.29, 0.717) is 5.02 Å². The van der Waals surface area contributed by atoms with Crippen molar-refractivity contribution in [3.05, 3.63) is 59.1 Å². The first-order chi connectivity index (χ1) is 18.1. The molecule has 1 unspecified atom stereocenters. The van der Waals surface area contributed by atoms with E-state index in [1.165, 1.54) is 0 Å². The zero-order valence-corrected chi connectivity index (χ0v) is 25.6. The number of aromatic nitrogens is 2. The van der Waals surface area contributed by atoms with Crippen LogP contribution in [0.3, 0.4) is 0 Å². The molecular formula is C32H48ClN5. The predicted octanol–water partition coefficient (Wildman–Crippen LogP) is 7.93. The zero-order valence-electron chi connectivity index (χ0n) is 24.8. The highest BCUT2D eigenvalue weighted by Gasteiger charge is 2.37. The van der Waals surface area contributed by atoms with Crippen LogP contribution < -0.4 is 4.90 Å². The highest BCUT2D eigenvalue weighted by atomic mass is 35.5. The van der Waals surface area contributed by atoms with Crippen LogP contribution in [-0.2, 0) is 12.5 Å². The minimum absolute atomic E-state index is 0.181. The molecule has 0 saturated heterocycles. The fourth-order valence-corrected chi connectivity index (χ4v) is 5.14. The van der Waals surface area contributed by atoms with Crippen LogP contribution in [0.1, 0.15) is 66.4 Å². The normalized spacial score (nSPS) is 12.9. The van der Waals surface area contributed by atoms with Crippen LogP contribution in [0.2, 0.25) is 5.02 Å². The van der Waals surface area contributed by atoms with E-state index in [9.17, 15) is 5.26 Å². The van der Waals surface area contributed by atoms with Crippen LogP contribution in [0.5, 0.6) is 0 Å². The van der Waals surface area contributed by atoms with Crippen molar-refractivity contribution < 1.29 is 0 Å². The Balaban J connectivity index is 0.00000118. The number of nitrogens with zero attached hydrogens (tertiary/aromatic N) is 5. The predicted molar refractivity (Wildman–Crippen MR) is 164 cm³/mol. The molecule has 1 aromatic heterocycles. The smallest absolute Gasteiger partial charge is 0.206 e. The van der Waals surface area contributed by atoms with Crippen molar-refractivity contribution in [3.8, 4) is 6.07 Å². The van der Waals surface area contributed by atoms with Crippen molar-refractivity contribution >= 4 is 28.6 Å². The first kappa shape index (κ1) is 31.7. The van der Waals surface area contributed by atoms with Gasteiger partial charge in [-0.15, -0.1) is 0 Å². The summed E-state index contributed by atoms with van der Waals surface area (Å²) in [6, 6.07) is 18.7. The maximum atomic E-state index is 10.2. The maximum absolute atomic E-state index is 10.2. The summed E-state index contributed by atoms with van der Waals surface area (Å²) in [4.78, 5) is 9.64. The van der Waals surface area contributed by atoms with Crippen molar-refractivity contribution in [1.29, 1.82) is 5.26 Å². The van der Waals surface area contributed by atoms with E-state index in [1.807, 2.05) is 30.3 Å². The minimum Gasteiger partial charge on any atom is -0.341 e. The van der Waals surface area contributed by atoms with Crippen molar-refractivity contribution in [3.63, 3.8) is 0 Å². The molecule has 3 rings (SSSR count). The van der Waals surface area contributed by atoms with Gasteiger partial charge in [0.2, 0.25) is 5.95 Å². The number of imidazole rings is 1. The Morgan fingerprint density at radius 2 is 1.61 bits per heavy atom. The highest BCUT2D eigenvalue weighted by molar-refractivity contribution is 6.31. The molecule has 3 aromatic rings. The third-order valence-corrected chi connectivity index (χ3v) is 7.27. The van der Waals surface area contributed by atoms with Crippen LogP contribution in [0, 0.1) is 23.2 Å². The van der Waals surface area contributed by atoms with Gasteiger partial charge in [-0.2, -0.15) is 5.26 Å². The number of nitriles is 1. The number of hydrogen-bond acceptors (Lipinski definition) is 4. The van der Waals surface area contributed by atoms with Gasteiger partial charge in [-0.25, -0.2) is 4.98 Å². The highest BCUT2D eigenvalue weighted by Crippen LogP contribution is 2.40. The maximum Gasteiger partial charge on any atom is 0.206 e. The quantitative estimate of drug-likeness (QED) is 0.235. The molecule has 0 saturated carbocycles. The lowest BCUT2D eigenvalue weighted by atomic mass is 9.70. The molecule has 0 aliphatic carbocycles. The molecular weight excluding hydrogens is 490 g/mol. The Labute approximate surface area is 236 Å². The average Bonchev–Trinajstić information content (AvgIpc) is 3.21. The van der Waals surface area contributed by atoms with Crippen LogP contribution >= 0.6 is 11.6 Å². The number of aryl methyl sites for hydroxylation is 1. The van der Waals surface area contributed by atoms with E-state index in [2.05, 4.69) is 94.3 Å². The summed E-state index contributed by atoms with van der Waals surface area (Å²) in [5, 5.41) is 10.9. The SMILES string of the molecule is CC(C)C.CCCN(CCN(C)CCCC(C#N)(c1ccccc1Cl)C(C)C)c1nc2ccccc2n1C. The van der Waals surface area contributed by atoms with Gasteiger partial charge in [-0.05, 0) is 68.5 Å². The number of fused-ring (bicyclic) bond motifs is 1. The molecule has 0 N–H and O–H groups in total. The Kier molecular flexibility index (Phi) is 12.6. The van der Waals surface area contributed by atoms with E-state index < -0.39 is 5.41 Å². The topological polar surface area (TPSA) is 48.1 Å². The number of hydrogen-bond donors (Lipinski definition) is 0. The molecule has 0 amide bonds. The van der Waals surface area contributed by atoms with Gasteiger partial charge in [0.15, 0.2) is 0 Å². The van der Waals surface area contributed by atoms with Gasteiger partial charge < -0.3 is 14.4 Å².